The van der Waals surface area contributed by atoms with Crippen molar-refractivity contribution in [3.05, 3.63) is 33.8 Å². The second kappa shape index (κ2) is 8.41. The highest BCUT2D eigenvalue weighted by Crippen LogP contribution is 2.34. The third-order valence-corrected chi connectivity index (χ3v) is 6.13. The molecule has 0 aromatic heterocycles. The fraction of sp³-hybridized carbons (Fsp3) is 0.579. The Hall–Kier alpha value is -1.26. The van der Waals surface area contributed by atoms with Gasteiger partial charge in [0.15, 0.2) is 0 Å². The summed E-state index contributed by atoms with van der Waals surface area (Å²) in [6, 6.07) is 5.06. The minimum atomic E-state index is -0.305. The van der Waals surface area contributed by atoms with Gasteiger partial charge in [-0.05, 0) is 49.8 Å². The summed E-state index contributed by atoms with van der Waals surface area (Å²) >= 11 is 11.8. The molecule has 1 heterocycles. The van der Waals surface area contributed by atoms with Gasteiger partial charge >= 0.3 is 0 Å². The molecule has 1 aromatic rings. The first kappa shape index (κ1) is 18.5. The van der Waals surface area contributed by atoms with E-state index in [1.54, 1.807) is 12.1 Å². The first-order valence-electron chi connectivity index (χ1n) is 9.09. The number of carbonyl (C=O) groups excluding carboxylic acids is 2. The average Bonchev–Trinajstić information content (AvgIpc) is 3.12. The number of likely N-dealkylation sites (tertiary alicyclic amines) is 1. The van der Waals surface area contributed by atoms with Crippen LogP contribution in [0.3, 0.4) is 0 Å². The van der Waals surface area contributed by atoms with E-state index in [9.17, 15) is 9.59 Å². The maximum atomic E-state index is 12.6. The summed E-state index contributed by atoms with van der Waals surface area (Å²) in [6.07, 6.45) is 8.48. The summed E-state index contributed by atoms with van der Waals surface area (Å²) < 4.78 is 0. The standard InChI is InChI=1S/C19H24Cl2N2O2/c20-15-9-8-14(11-16(15)21)19(25)22-12-18(24)23-10-4-7-17(23)13-5-2-1-3-6-13/h8-9,11,13,17H,1-7,10,12H2,(H,22,25). The summed E-state index contributed by atoms with van der Waals surface area (Å²) in [5.41, 5.74) is 0.410. The van der Waals surface area contributed by atoms with Crippen molar-refractivity contribution in [2.24, 2.45) is 5.92 Å². The number of benzene rings is 1. The molecule has 0 radical (unpaired) electrons. The Bertz CT molecular complexity index is 644. The Morgan fingerprint density at radius 2 is 1.80 bits per heavy atom. The van der Waals surface area contributed by atoms with E-state index in [0.717, 1.165) is 19.4 Å². The number of nitrogens with one attached hydrogen (secondary N) is 1. The minimum absolute atomic E-state index is 0.0153. The molecular formula is C19H24Cl2N2O2. The summed E-state index contributed by atoms with van der Waals surface area (Å²) in [7, 11) is 0. The first-order valence-corrected chi connectivity index (χ1v) is 9.84. The molecule has 1 unspecified atom stereocenters. The fourth-order valence-electron chi connectivity index (χ4n) is 4.11. The summed E-state index contributed by atoms with van der Waals surface area (Å²) in [5, 5.41) is 3.45. The van der Waals surface area contributed by atoms with E-state index in [1.165, 1.54) is 38.2 Å². The number of amides is 2. The van der Waals surface area contributed by atoms with E-state index >= 15 is 0 Å². The van der Waals surface area contributed by atoms with Crippen LogP contribution in [-0.2, 0) is 4.79 Å². The largest absolute Gasteiger partial charge is 0.343 e. The number of hydrogen-bond donors (Lipinski definition) is 1. The van der Waals surface area contributed by atoms with Crippen molar-refractivity contribution in [2.75, 3.05) is 13.1 Å². The molecule has 2 aliphatic rings. The summed E-state index contributed by atoms with van der Waals surface area (Å²) in [5.74, 6) is 0.341. The highest BCUT2D eigenvalue weighted by Gasteiger charge is 2.34. The van der Waals surface area contributed by atoms with Gasteiger partial charge in [0.2, 0.25) is 5.91 Å². The molecule has 6 heteroatoms. The molecule has 1 aromatic carbocycles. The number of nitrogens with zero attached hydrogens (tertiary/aromatic N) is 1. The van der Waals surface area contributed by atoms with Crippen molar-refractivity contribution in [1.29, 1.82) is 0 Å². The smallest absolute Gasteiger partial charge is 0.251 e. The van der Waals surface area contributed by atoms with Crippen LogP contribution in [0.2, 0.25) is 10.0 Å². The molecule has 1 N–H and O–H groups in total. The SMILES string of the molecule is O=C(NCC(=O)N1CCCC1C1CCCCC1)c1ccc(Cl)c(Cl)c1. The Morgan fingerprint density at radius 3 is 2.52 bits per heavy atom. The Kier molecular flexibility index (Phi) is 6.24. The lowest BCUT2D eigenvalue weighted by Gasteiger charge is -2.34. The third-order valence-electron chi connectivity index (χ3n) is 5.40. The molecule has 25 heavy (non-hydrogen) atoms. The third kappa shape index (κ3) is 4.48. The van der Waals surface area contributed by atoms with Crippen molar-refractivity contribution < 1.29 is 9.59 Å². The topological polar surface area (TPSA) is 49.4 Å². The molecular weight excluding hydrogens is 359 g/mol. The minimum Gasteiger partial charge on any atom is -0.343 e. The van der Waals surface area contributed by atoms with Gasteiger partial charge in [-0.25, -0.2) is 0 Å². The van der Waals surface area contributed by atoms with Gasteiger partial charge in [-0.3, -0.25) is 9.59 Å². The van der Waals surface area contributed by atoms with E-state index in [2.05, 4.69) is 5.32 Å². The van der Waals surface area contributed by atoms with Crippen LogP contribution in [0.5, 0.6) is 0 Å². The molecule has 0 spiro atoms. The van der Waals surface area contributed by atoms with Crippen LogP contribution in [0.25, 0.3) is 0 Å². The van der Waals surface area contributed by atoms with Crippen LogP contribution in [0.1, 0.15) is 55.3 Å². The molecule has 2 amide bonds. The summed E-state index contributed by atoms with van der Waals surface area (Å²) in [6.45, 7) is 0.838. The second-order valence-electron chi connectivity index (χ2n) is 7.01. The van der Waals surface area contributed by atoms with E-state index in [-0.39, 0.29) is 18.4 Å². The first-order chi connectivity index (χ1) is 12.1. The second-order valence-corrected chi connectivity index (χ2v) is 7.82. The average molecular weight is 383 g/mol. The lowest BCUT2D eigenvalue weighted by molar-refractivity contribution is -0.132. The van der Waals surface area contributed by atoms with Gasteiger partial charge in [0.05, 0.1) is 16.6 Å². The van der Waals surface area contributed by atoms with E-state index in [0.29, 0.717) is 27.6 Å². The fourth-order valence-corrected chi connectivity index (χ4v) is 4.41. The zero-order chi connectivity index (χ0) is 17.8. The zero-order valence-corrected chi connectivity index (χ0v) is 15.8. The highest BCUT2D eigenvalue weighted by atomic mass is 35.5. The van der Waals surface area contributed by atoms with Crippen LogP contribution < -0.4 is 5.32 Å². The van der Waals surface area contributed by atoms with Crippen LogP contribution in [0, 0.1) is 5.92 Å². The molecule has 136 valence electrons. The lowest BCUT2D eigenvalue weighted by Crippen LogP contribution is -2.45. The molecule has 4 nitrogen and oxygen atoms in total. The molecule has 1 aliphatic heterocycles. The van der Waals surface area contributed by atoms with Crippen molar-refractivity contribution in [1.82, 2.24) is 10.2 Å². The van der Waals surface area contributed by atoms with Gasteiger partial charge in [0.25, 0.3) is 5.91 Å². The van der Waals surface area contributed by atoms with Gasteiger partial charge < -0.3 is 10.2 Å². The Balaban J connectivity index is 1.55. The van der Waals surface area contributed by atoms with Gasteiger partial charge in [0.1, 0.15) is 0 Å². The maximum Gasteiger partial charge on any atom is 0.251 e. The van der Waals surface area contributed by atoms with Crippen molar-refractivity contribution in [2.45, 2.75) is 51.0 Å². The molecule has 1 saturated heterocycles. The van der Waals surface area contributed by atoms with Crippen LogP contribution in [0.15, 0.2) is 18.2 Å². The van der Waals surface area contributed by atoms with Gasteiger partial charge in [-0.15, -0.1) is 0 Å². The van der Waals surface area contributed by atoms with E-state index in [4.69, 9.17) is 23.2 Å². The van der Waals surface area contributed by atoms with Gasteiger partial charge in [-0.2, -0.15) is 0 Å². The van der Waals surface area contributed by atoms with Crippen molar-refractivity contribution >= 4 is 35.0 Å². The molecule has 1 saturated carbocycles. The van der Waals surface area contributed by atoms with Crippen LogP contribution >= 0.6 is 23.2 Å². The van der Waals surface area contributed by atoms with Gasteiger partial charge in [0, 0.05) is 18.2 Å². The predicted octanol–water partition coefficient (Wildman–Crippen LogP) is 4.29. The van der Waals surface area contributed by atoms with Crippen molar-refractivity contribution in [3.8, 4) is 0 Å². The number of halogens is 2. The molecule has 3 rings (SSSR count). The molecule has 0 bridgehead atoms. The Morgan fingerprint density at radius 1 is 1.04 bits per heavy atom. The quantitative estimate of drug-likeness (QED) is 0.843. The molecule has 1 aliphatic carbocycles. The van der Waals surface area contributed by atoms with Crippen LogP contribution in [-0.4, -0.2) is 35.8 Å². The normalized spacial score (nSPS) is 21.4. The molecule has 1 atom stereocenters. The molecule has 2 fully saturated rings. The van der Waals surface area contributed by atoms with Crippen LogP contribution in [0.4, 0.5) is 0 Å². The Labute approximate surface area is 158 Å². The lowest BCUT2D eigenvalue weighted by atomic mass is 9.83. The van der Waals surface area contributed by atoms with E-state index in [1.807, 2.05) is 4.90 Å². The number of rotatable bonds is 4. The van der Waals surface area contributed by atoms with Gasteiger partial charge in [-0.1, -0.05) is 42.5 Å². The number of carbonyl (C=O) groups is 2. The highest BCUT2D eigenvalue weighted by molar-refractivity contribution is 6.42. The van der Waals surface area contributed by atoms with E-state index < -0.39 is 0 Å². The summed E-state index contributed by atoms with van der Waals surface area (Å²) in [4.78, 5) is 26.8. The maximum absolute atomic E-state index is 12.6. The zero-order valence-electron chi connectivity index (χ0n) is 14.3. The number of hydrogen-bond acceptors (Lipinski definition) is 2. The predicted molar refractivity (Wildman–Crippen MR) is 100 cm³/mol. The van der Waals surface area contributed by atoms with Crippen molar-refractivity contribution in [3.63, 3.8) is 0 Å². The monoisotopic (exact) mass is 382 g/mol.